The van der Waals surface area contributed by atoms with Crippen LogP contribution in [0.1, 0.15) is 30.9 Å². The number of hydrogen-bond acceptors (Lipinski definition) is 2. The monoisotopic (exact) mass is 686 g/mol. The minimum Gasteiger partial charge on any atom is -1.00 e. The van der Waals surface area contributed by atoms with E-state index >= 15 is 0 Å². The number of nitrogens with zero attached hydrogens (tertiary/aromatic N) is 4. The van der Waals surface area contributed by atoms with E-state index in [4.69, 9.17) is 0 Å². The number of carbonyl (C=O) groups excluding carboxylic acids is 2. The molecule has 3 rings (SSSR count). The summed E-state index contributed by atoms with van der Waals surface area (Å²) in [4.78, 5) is 30.7. The number of aryl methyl sites for hydroxylation is 3. The molecule has 0 fully saturated rings. The van der Waals surface area contributed by atoms with Crippen LogP contribution in [0.25, 0.3) is 0 Å². The summed E-state index contributed by atoms with van der Waals surface area (Å²) in [6.45, 7) is 6.54. The Balaban J connectivity index is 0. The van der Waals surface area contributed by atoms with Crippen LogP contribution in [-0.4, -0.2) is 20.9 Å². The smallest absolute Gasteiger partial charge is 1.00 e. The standard InChI is InChI=1S/C14H14N4O2.C10H14.ClH.F6P.Ru/c1-17-7-3-11(4-8-17)15-13(19)14(20)16-12-5-9-18(2)10-6-12;1-8(2)10-6-4-9(3)5-7-10;;1-7(2,3,4,5)6;/h3-10H,1-2H3;4-8H,1-3H3;1H;;/q;;;-1;+2/p-1. The number of aromatic nitrogens is 2. The van der Waals surface area contributed by atoms with Crippen LogP contribution in [0.5, 0.6) is 0 Å². The molecule has 6 nitrogen and oxygen atoms in total. The van der Waals surface area contributed by atoms with Gasteiger partial charge >= 0.3 is 64.3 Å². The number of benzene rings is 1. The Bertz CT molecular complexity index is 1260. The molecule has 0 atom stereocenters. The van der Waals surface area contributed by atoms with Gasteiger partial charge in [-0.1, -0.05) is 43.7 Å². The Morgan fingerprint density at radius 1 is 0.692 bits per heavy atom. The fourth-order valence-electron chi connectivity index (χ4n) is 2.42. The van der Waals surface area contributed by atoms with Gasteiger partial charge in [0.1, 0.15) is 0 Å². The molecule has 0 bridgehead atoms. The molecule has 2 heterocycles. The minimum atomic E-state index is -10.7. The zero-order valence-electron chi connectivity index (χ0n) is 21.6. The number of amides is 2. The molecule has 1 aromatic carbocycles. The molecule has 0 radical (unpaired) electrons. The second-order valence-corrected chi connectivity index (χ2v) is 10.2. The molecular formula is C24H28ClF6N4O2PRu. The molecule has 218 valence electrons. The SMILES string of the molecule is Cc1ccc(C(C)C)cc1.Cn1ccc(=NC(=O)C(=O)N=c2ccn(C)cc2)cc1.F[P-](F)(F)(F)(F)F.[Cl-].[Ru+2]. The van der Waals surface area contributed by atoms with E-state index in [1.54, 1.807) is 58.2 Å². The van der Waals surface area contributed by atoms with Crippen molar-refractivity contribution in [3.05, 3.63) is 95.2 Å². The zero-order chi connectivity index (χ0) is 28.5. The van der Waals surface area contributed by atoms with E-state index in [-0.39, 0.29) is 31.9 Å². The Morgan fingerprint density at radius 2 is 0.974 bits per heavy atom. The Morgan fingerprint density at radius 3 is 1.23 bits per heavy atom. The van der Waals surface area contributed by atoms with Crippen LogP contribution >= 0.6 is 7.81 Å². The third kappa shape index (κ3) is 21.0. The summed E-state index contributed by atoms with van der Waals surface area (Å²) in [5.74, 6) is -1.11. The molecule has 2 amide bonds. The Hall–Kier alpha value is -2.62. The van der Waals surface area contributed by atoms with Crippen LogP contribution in [-0.2, 0) is 43.2 Å². The molecule has 15 heteroatoms. The van der Waals surface area contributed by atoms with Crippen LogP contribution in [0.4, 0.5) is 25.2 Å². The Labute approximate surface area is 240 Å². The van der Waals surface area contributed by atoms with Gasteiger partial charge < -0.3 is 21.5 Å². The summed E-state index contributed by atoms with van der Waals surface area (Å²) < 4.78 is 62.8. The zero-order valence-corrected chi connectivity index (χ0v) is 24.9. The van der Waals surface area contributed by atoms with E-state index in [1.165, 1.54) is 11.1 Å². The topological polar surface area (TPSA) is 68.7 Å². The van der Waals surface area contributed by atoms with Gasteiger partial charge in [-0.05, 0) is 42.7 Å². The summed E-state index contributed by atoms with van der Waals surface area (Å²) in [6.07, 6.45) is 6.96. The summed E-state index contributed by atoms with van der Waals surface area (Å²) >= 11 is 0. The first-order valence-electron chi connectivity index (χ1n) is 10.7. The number of halogens is 7. The van der Waals surface area contributed by atoms with Crippen molar-refractivity contribution in [1.29, 1.82) is 0 Å². The van der Waals surface area contributed by atoms with Crippen LogP contribution in [0, 0.1) is 6.92 Å². The molecule has 39 heavy (non-hydrogen) atoms. The maximum Gasteiger partial charge on any atom is 2.00 e. The van der Waals surface area contributed by atoms with E-state index in [0.29, 0.717) is 16.6 Å². The van der Waals surface area contributed by atoms with Crippen LogP contribution in [0.2, 0.25) is 0 Å². The third-order valence-corrected chi connectivity index (χ3v) is 4.31. The van der Waals surface area contributed by atoms with Crippen LogP contribution < -0.4 is 23.1 Å². The molecule has 0 aliphatic carbocycles. The van der Waals surface area contributed by atoms with E-state index in [1.807, 2.05) is 14.1 Å². The third-order valence-electron chi connectivity index (χ3n) is 4.31. The quantitative estimate of drug-likeness (QED) is 0.171. The van der Waals surface area contributed by atoms with Crippen LogP contribution in [0.3, 0.4) is 0 Å². The number of carbonyl (C=O) groups is 2. The molecule has 0 unspecified atom stereocenters. The number of hydrogen-bond donors (Lipinski definition) is 0. The van der Waals surface area contributed by atoms with Crippen molar-refractivity contribution < 1.29 is 66.7 Å². The fraction of sp³-hybridized carbons (Fsp3) is 0.250. The maximum absolute atomic E-state index is 11.6. The van der Waals surface area contributed by atoms with Gasteiger partial charge in [0.25, 0.3) is 0 Å². The van der Waals surface area contributed by atoms with Crippen molar-refractivity contribution in [2.75, 3.05) is 0 Å². The van der Waals surface area contributed by atoms with Crippen molar-refractivity contribution in [2.24, 2.45) is 24.1 Å². The summed E-state index contributed by atoms with van der Waals surface area (Å²) in [6, 6.07) is 15.3. The van der Waals surface area contributed by atoms with Gasteiger partial charge in [0.15, 0.2) is 0 Å². The molecule has 3 aromatic rings. The molecular weight excluding hydrogens is 658 g/mol. The van der Waals surface area contributed by atoms with Gasteiger partial charge in [-0.15, -0.1) is 0 Å². The molecule has 0 aliphatic rings. The summed E-state index contributed by atoms with van der Waals surface area (Å²) in [7, 11) is -6.96. The van der Waals surface area contributed by atoms with Gasteiger partial charge in [-0.3, -0.25) is 9.59 Å². The Kier molecular flexibility index (Phi) is 14.5. The normalized spacial score (nSPS) is 11.9. The first-order valence-corrected chi connectivity index (χ1v) is 12.8. The van der Waals surface area contributed by atoms with E-state index in [2.05, 4.69) is 55.0 Å². The van der Waals surface area contributed by atoms with Crippen molar-refractivity contribution in [3.63, 3.8) is 0 Å². The average Bonchev–Trinajstić information content (AvgIpc) is 2.75. The van der Waals surface area contributed by atoms with Gasteiger partial charge in [0.05, 0.1) is 10.7 Å². The summed E-state index contributed by atoms with van der Waals surface area (Å²) in [5.41, 5.74) is 2.76. The van der Waals surface area contributed by atoms with Gasteiger partial charge in [-0.25, -0.2) is 9.98 Å². The van der Waals surface area contributed by atoms with E-state index < -0.39 is 19.6 Å². The summed E-state index contributed by atoms with van der Waals surface area (Å²) in [5, 5.41) is 0.854. The fourth-order valence-corrected chi connectivity index (χ4v) is 2.42. The van der Waals surface area contributed by atoms with Crippen LogP contribution in [0.15, 0.2) is 83.3 Å². The first-order chi connectivity index (χ1) is 16.7. The second-order valence-electron chi connectivity index (χ2n) is 8.30. The molecule has 0 spiro atoms. The predicted molar refractivity (Wildman–Crippen MR) is 131 cm³/mol. The molecule has 0 saturated heterocycles. The van der Waals surface area contributed by atoms with Gasteiger partial charge in [-0.2, -0.15) is 0 Å². The molecule has 0 N–H and O–H groups in total. The molecule has 0 saturated carbocycles. The van der Waals surface area contributed by atoms with Gasteiger partial charge in [0, 0.05) is 38.9 Å². The number of pyridine rings is 2. The maximum atomic E-state index is 11.6. The van der Waals surface area contributed by atoms with Crippen molar-refractivity contribution >= 4 is 19.6 Å². The van der Waals surface area contributed by atoms with E-state index in [0.717, 1.165) is 0 Å². The van der Waals surface area contributed by atoms with Crippen molar-refractivity contribution in [3.8, 4) is 0 Å². The largest absolute Gasteiger partial charge is 2.00 e. The molecule has 0 aliphatic heterocycles. The number of rotatable bonds is 1. The molecule has 2 aromatic heterocycles. The van der Waals surface area contributed by atoms with E-state index in [9.17, 15) is 34.8 Å². The minimum absolute atomic E-state index is 0. The first kappa shape index (κ1) is 38.5. The second kappa shape index (κ2) is 14.7. The predicted octanol–water partition coefficient (Wildman–Crippen LogP) is 3.42. The van der Waals surface area contributed by atoms with Gasteiger partial charge in [0.2, 0.25) is 0 Å². The van der Waals surface area contributed by atoms with Crippen molar-refractivity contribution in [1.82, 2.24) is 9.13 Å². The average molecular weight is 686 g/mol. The van der Waals surface area contributed by atoms with Crippen molar-refractivity contribution in [2.45, 2.75) is 26.7 Å².